The molecule has 0 aromatic heterocycles. The molecule has 3 unspecified atom stereocenters. The van der Waals surface area contributed by atoms with Crippen LogP contribution < -0.4 is 5.32 Å². The summed E-state index contributed by atoms with van der Waals surface area (Å²) in [5, 5.41) is 3.74. The fourth-order valence-corrected chi connectivity index (χ4v) is 2.35. The second kappa shape index (κ2) is 4.94. The van der Waals surface area contributed by atoms with E-state index in [1.54, 1.807) is 0 Å². The second-order valence-corrected chi connectivity index (χ2v) is 4.58. The lowest BCUT2D eigenvalue weighted by Crippen LogP contribution is -2.46. The van der Waals surface area contributed by atoms with Gasteiger partial charge in [-0.2, -0.15) is 0 Å². The zero-order valence-corrected chi connectivity index (χ0v) is 9.04. The van der Waals surface area contributed by atoms with E-state index in [1.807, 2.05) is 0 Å². The van der Waals surface area contributed by atoms with Gasteiger partial charge in [0.25, 0.3) is 0 Å². The summed E-state index contributed by atoms with van der Waals surface area (Å²) in [6.45, 7) is 4.13. The van der Waals surface area contributed by atoms with Crippen LogP contribution in [0.1, 0.15) is 32.6 Å². The lowest BCUT2D eigenvalue weighted by Gasteiger charge is -2.33. The Balaban J connectivity index is 1.82. The van der Waals surface area contributed by atoms with Crippen LogP contribution in [-0.2, 0) is 4.74 Å². The molecule has 14 heavy (non-hydrogen) atoms. The minimum Gasteiger partial charge on any atom is -0.381 e. The molecular formula is C12H21NO. The van der Waals surface area contributed by atoms with Crippen LogP contribution in [0.4, 0.5) is 0 Å². The quantitative estimate of drug-likeness (QED) is 0.681. The lowest BCUT2D eigenvalue weighted by atomic mass is 9.94. The summed E-state index contributed by atoms with van der Waals surface area (Å²) < 4.78 is 5.44. The summed E-state index contributed by atoms with van der Waals surface area (Å²) in [6.07, 6.45) is 9.73. The van der Waals surface area contributed by atoms with Gasteiger partial charge in [-0.05, 0) is 31.6 Å². The van der Waals surface area contributed by atoms with E-state index in [0.717, 1.165) is 13.2 Å². The molecule has 3 atom stereocenters. The Hall–Kier alpha value is -0.340. The molecule has 1 aliphatic carbocycles. The van der Waals surface area contributed by atoms with Gasteiger partial charge in [0.2, 0.25) is 0 Å². The van der Waals surface area contributed by atoms with Gasteiger partial charge in [-0.1, -0.05) is 19.1 Å². The molecule has 2 aliphatic rings. The Kier molecular flexibility index (Phi) is 3.60. The standard InChI is InChI=1S/C12H21NO/c1-10-9-14-8-7-12(10)13-11-5-3-2-4-6-11/h3,5,10-13H,2,4,6-9H2,1H3. The highest BCUT2D eigenvalue weighted by Gasteiger charge is 2.23. The minimum atomic E-state index is 0.620. The van der Waals surface area contributed by atoms with Crippen molar-refractivity contribution in [1.29, 1.82) is 0 Å². The third kappa shape index (κ3) is 2.58. The van der Waals surface area contributed by atoms with Crippen molar-refractivity contribution in [2.75, 3.05) is 13.2 Å². The molecule has 0 bridgehead atoms. The summed E-state index contributed by atoms with van der Waals surface area (Å²) in [5.74, 6) is 0.666. The van der Waals surface area contributed by atoms with E-state index in [-0.39, 0.29) is 0 Å². The van der Waals surface area contributed by atoms with Gasteiger partial charge >= 0.3 is 0 Å². The van der Waals surface area contributed by atoms with E-state index in [1.165, 1.54) is 25.7 Å². The molecule has 0 saturated carbocycles. The first-order valence-corrected chi connectivity index (χ1v) is 5.87. The van der Waals surface area contributed by atoms with Gasteiger partial charge in [0.1, 0.15) is 0 Å². The molecule has 1 aliphatic heterocycles. The Morgan fingerprint density at radius 2 is 2.29 bits per heavy atom. The number of hydrogen-bond acceptors (Lipinski definition) is 2. The van der Waals surface area contributed by atoms with Gasteiger partial charge in [0.15, 0.2) is 0 Å². The van der Waals surface area contributed by atoms with E-state index < -0.39 is 0 Å². The van der Waals surface area contributed by atoms with Gasteiger partial charge in [-0.25, -0.2) is 0 Å². The maximum atomic E-state index is 5.44. The van der Waals surface area contributed by atoms with E-state index in [4.69, 9.17) is 4.74 Å². The molecule has 0 amide bonds. The maximum absolute atomic E-state index is 5.44. The number of allylic oxidation sites excluding steroid dienone is 1. The molecule has 0 spiro atoms. The van der Waals surface area contributed by atoms with Crippen LogP contribution in [0.2, 0.25) is 0 Å². The Morgan fingerprint density at radius 3 is 3.00 bits per heavy atom. The fraction of sp³-hybridized carbons (Fsp3) is 0.833. The SMILES string of the molecule is CC1COCCC1NC1C=CCCC1. The van der Waals surface area contributed by atoms with E-state index in [2.05, 4.69) is 24.4 Å². The van der Waals surface area contributed by atoms with Crippen molar-refractivity contribution in [1.82, 2.24) is 5.32 Å². The van der Waals surface area contributed by atoms with Crippen LogP contribution in [0.15, 0.2) is 12.2 Å². The van der Waals surface area contributed by atoms with E-state index in [9.17, 15) is 0 Å². The van der Waals surface area contributed by atoms with Crippen molar-refractivity contribution < 1.29 is 4.74 Å². The first-order valence-electron chi connectivity index (χ1n) is 5.87. The van der Waals surface area contributed by atoms with Crippen LogP contribution >= 0.6 is 0 Å². The highest BCUT2D eigenvalue weighted by atomic mass is 16.5. The number of nitrogens with one attached hydrogen (secondary N) is 1. The normalized spacial score (nSPS) is 38.5. The molecule has 1 heterocycles. The molecule has 1 saturated heterocycles. The summed E-state index contributed by atoms with van der Waals surface area (Å²) >= 11 is 0. The van der Waals surface area contributed by atoms with Crippen molar-refractivity contribution in [3.63, 3.8) is 0 Å². The van der Waals surface area contributed by atoms with Gasteiger partial charge < -0.3 is 10.1 Å². The zero-order chi connectivity index (χ0) is 9.80. The summed E-state index contributed by atoms with van der Waals surface area (Å²) in [7, 11) is 0. The zero-order valence-electron chi connectivity index (χ0n) is 9.04. The van der Waals surface area contributed by atoms with Crippen molar-refractivity contribution in [2.45, 2.75) is 44.7 Å². The summed E-state index contributed by atoms with van der Waals surface area (Å²) in [5.41, 5.74) is 0. The molecule has 2 heteroatoms. The number of rotatable bonds is 2. The molecule has 0 aromatic rings. The minimum absolute atomic E-state index is 0.620. The lowest BCUT2D eigenvalue weighted by molar-refractivity contribution is 0.0368. The van der Waals surface area contributed by atoms with Crippen LogP contribution in [0.25, 0.3) is 0 Å². The topological polar surface area (TPSA) is 21.3 Å². The van der Waals surface area contributed by atoms with Crippen LogP contribution in [0, 0.1) is 5.92 Å². The molecule has 2 rings (SSSR count). The third-order valence-corrected chi connectivity index (χ3v) is 3.32. The van der Waals surface area contributed by atoms with E-state index in [0.29, 0.717) is 18.0 Å². The van der Waals surface area contributed by atoms with Crippen molar-refractivity contribution in [3.8, 4) is 0 Å². The Labute approximate surface area is 86.7 Å². The van der Waals surface area contributed by atoms with Gasteiger partial charge in [-0.15, -0.1) is 0 Å². The molecule has 1 N–H and O–H groups in total. The van der Waals surface area contributed by atoms with Gasteiger partial charge in [0.05, 0.1) is 6.61 Å². The van der Waals surface area contributed by atoms with Crippen molar-refractivity contribution >= 4 is 0 Å². The maximum Gasteiger partial charge on any atom is 0.0506 e. The molecular weight excluding hydrogens is 174 g/mol. The molecule has 1 fully saturated rings. The Bertz CT molecular complexity index is 202. The van der Waals surface area contributed by atoms with E-state index >= 15 is 0 Å². The van der Waals surface area contributed by atoms with Crippen LogP contribution in [0.3, 0.4) is 0 Å². The summed E-state index contributed by atoms with van der Waals surface area (Å²) in [6, 6.07) is 1.28. The van der Waals surface area contributed by atoms with Crippen LogP contribution in [0.5, 0.6) is 0 Å². The molecule has 80 valence electrons. The second-order valence-electron chi connectivity index (χ2n) is 4.58. The monoisotopic (exact) mass is 195 g/mol. The predicted octanol–water partition coefficient (Wildman–Crippen LogP) is 2.11. The highest BCUT2D eigenvalue weighted by molar-refractivity contribution is 4.99. The average Bonchev–Trinajstić information content (AvgIpc) is 2.23. The fourth-order valence-electron chi connectivity index (χ4n) is 2.35. The first kappa shape index (κ1) is 10.2. The van der Waals surface area contributed by atoms with Crippen LogP contribution in [-0.4, -0.2) is 25.3 Å². The third-order valence-electron chi connectivity index (χ3n) is 3.32. The summed E-state index contributed by atoms with van der Waals surface area (Å²) in [4.78, 5) is 0. The molecule has 2 nitrogen and oxygen atoms in total. The predicted molar refractivity (Wildman–Crippen MR) is 58.3 cm³/mol. The highest BCUT2D eigenvalue weighted by Crippen LogP contribution is 2.17. The average molecular weight is 195 g/mol. The van der Waals surface area contributed by atoms with Gasteiger partial charge in [0, 0.05) is 18.7 Å². The number of hydrogen-bond donors (Lipinski definition) is 1. The van der Waals surface area contributed by atoms with Crippen molar-refractivity contribution in [3.05, 3.63) is 12.2 Å². The van der Waals surface area contributed by atoms with Crippen molar-refractivity contribution in [2.24, 2.45) is 5.92 Å². The molecule has 0 radical (unpaired) electrons. The largest absolute Gasteiger partial charge is 0.381 e. The smallest absolute Gasteiger partial charge is 0.0506 e. The first-order chi connectivity index (χ1) is 6.86. The molecule has 0 aromatic carbocycles. The van der Waals surface area contributed by atoms with Gasteiger partial charge in [-0.3, -0.25) is 0 Å². The Morgan fingerprint density at radius 1 is 1.36 bits per heavy atom. The number of ether oxygens (including phenoxy) is 1.